The minimum atomic E-state index is -5.08. The van der Waals surface area contributed by atoms with Crippen molar-refractivity contribution in [3.63, 3.8) is 0 Å². The number of fused-ring (bicyclic) bond motifs is 1. The van der Waals surface area contributed by atoms with Crippen molar-refractivity contribution >= 4 is 23.2 Å². The van der Waals surface area contributed by atoms with E-state index in [0.29, 0.717) is 13.2 Å². The zero-order chi connectivity index (χ0) is 22.6. The number of morpholine rings is 1. The molecule has 2 aromatic heterocycles. The van der Waals surface area contributed by atoms with E-state index in [1.165, 1.54) is 0 Å². The van der Waals surface area contributed by atoms with Crippen LogP contribution in [0.2, 0.25) is 0 Å². The van der Waals surface area contributed by atoms with E-state index in [2.05, 4.69) is 4.98 Å². The van der Waals surface area contributed by atoms with E-state index in [0.717, 1.165) is 28.3 Å². The van der Waals surface area contributed by atoms with Crippen LogP contribution in [0.5, 0.6) is 5.75 Å². The molecule has 0 radical (unpaired) electrons. The highest BCUT2D eigenvalue weighted by molar-refractivity contribution is 7.13. The number of aryl methyl sites for hydroxylation is 1. The molecule has 0 spiro atoms. The maximum Gasteiger partial charge on any atom is 0.490 e. The number of hydrogen-bond donors (Lipinski definition) is 1. The van der Waals surface area contributed by atoms with Crippen LogP contribution in [0.1, 0.15) is 27.4 Å². The Morgan fingerprint density at radius 3 is 2.61 bits per heavy atom. The summed E-state index contributed by atoms with van der Waals surface area (Å²) in [5.41, 5.74) is 0. The van der Waals surface area contributed by atoms with Crippen molar-refractivity contribution in [1.82, 2.24) is 9.88 Å². The monoisotopic (exact) mass is 458 g/mol. The second-order valence-corrected chi connectivity index (χ2v) is 8.32. The molecule has 2 aliphatic rings. The molecule has 2 fully saturated rings. The molecule has 0 aromatic carbocycles. The Balaban J connectivity index is 0.000000339. The van der Waals surface area contributed by atoms with Crippen LogP contribution in [0.3, 0.4) is 0 Å². The molecule has 3 atom stereocenters. The largest absolute Gasteiger partial charge is 0.490 e. The molecule has 1 aliphatic heterocycles. The summed E-state index contributed by atoms with van der Waals surface area (Å²) in [6.07, 6.45) is 0.0606. The smallest absolute Gasteiger partial charge is 0.486 e. The number of thiophene rings is 1. The molecule has 31 heavy (non-hydrogen) atoms. The Bertz CT molecular complexity index is 906. The Labute approximate surface area is 180 Å². The van der Waals surface area contributed by atoms with Crippen LogP contribution >= 0.6 is 11.3 Å². The Morgan fingerprint density at radius 1 is 1.29 bits per heavy atom. The van der Waals surface area contributed by atoms with Crippen LogP contribution in [0.15, 0.2) is 36.7 Å². The number of rotatable bonds is 3. The van der Waals surface area contributed by atoms with Crippen molar-refractivity contribution in [3.05, 3.63) is 46.4 Å². The van der Waals surface area contributed by atoms with Crippen molar-refractivity contribution in [2.45, 2.75) is 44.2 Å². The van der Waals surface area contributed by atoms with Gasteiger partial charge in [0.1, 0.15) is 18.0 Å². The maximum absolute atomic E-state index is 12.9. The molecule has 0 bridgehead atoms. The predicted molar refractivity (Wildman–Crippen MR) is 105 cm³/mol. The third-order valence-corrected chi connectivity index (χ3v) is 5.90. The molecular weight excluding hydrogens is 437 g/mol. The highest BCUT2D eigenvalue weighted by Gasteiger charge is 2.46. The summed E-state index contributed by atoms with van der Waals surface area (Å²) in [5.74, 6) is -1.88. The number of carboxylic acids is 1. The normalized spacial score (nSPS) is 22.8. The van der Waals surface area contributed by atoms with Crippen LogP contribution in [0, 0.1) is 6.92 Å². The van der Waals surface area contributed by atoms with Crippen molar-refractivity contribution < 1.29 is 37.3 Å². The van der Waals surface area contributed by atoms with Gasteiger partial charge in [-0.15, -0.1) is 11.3 Å². The number of carboxylic acid groups (broad SMARTS) is 1. The van der Waals surface area contributed by atoms with Gasteiger partial charge in [-0.05, 0) is 44.0 Å². The van der Waals surface area contributed by atoms with E-state index in [9.17, 15) is 18.0 Å². The highest BCUT2D eigenvalue weighted by atomic mass is 32.1. The lowest BCUT2D eigenvalue weighted by Gasteiger charge is -2.38. The number of carbonyl (C=O) groups is 2. The molecular formula is C20H21F3N2O5S. The lowest BCUT2D eigenvalue weighted by atomic mass is 10.1. The van der Waals surface area contributed by atoms with Gasteiger partial charge in [0.15, 0.2) is 0 Å². The first-order chi connectivity index (χ1) is 14.7. The van der Waals surface area contributed by atoms with Gasteiger partial charge in [0.25, 0.3) is 5.91 Å². The summed E-state index contributed by atoms with van der Waals surface area (Å²) in [4.78, 5) is 29.8. The number of alkyl halides is 3. The number of amides is 1. The lowest BCUT2D eigenvalue weighted by Crippen LogP contribution is -2.54. The average Bonchev–Trinajstić information content (AvgIpc) is 3.34. The fourth-order valence-corrected chi connectivity index (χ4v) is 4.40. The molecule has 0 unspecified atom stereocenters. The van der Waals surface area contributed by atoms with Gasteiger partial charge in [0.05, 0.1) is 23.7 Å². The van der Waals surface area contributed by atoms with Crippen LogP contribution in [0.25, 0.3) is 0 Å². The number of ether oxygens (including phenoxy) is 2. The van der Waals surface area contributed by atoms with Gasteiger partial charge in [0, 0.05) is 17.6 Å². The van der Waals surface area contributed by atoms with Crippen LogP contribution in [-0.2, 0) is 9.53 Å². The quantitative estimate of drug-likeness (QED) is 0.757. The summed E-state index contributed by atoms with van der Waals surface area (Å²) in [7, 11) is 0. The second kappa shape index (κ2) is 9.65. The van der Waals surface area contributed by atoms with Gasteiger partial charge < -0.3 is 19.5 Å². The summed E-state index contributed by atoms with van der Waals surface area (Å²) in [6, 6.07) is 7.78. The number of aliphatic carboxylic acids is 1. The molecule has 4 rings (SSSR count). The first-order valence-corrected chi connectivity index (χ1v) is 10.3. The van der Waals surface area contributed by atoms with Gasteiger partial charge in [-0.2, -0.15) is 13.2 Å². The number of aromatic nitrogens is 1. The first kappa shape index (κ1) is 23.0. The van der Waals surface area contributed by atoms with Crippen molar-refractivity contribution in [3.8, 4) is 5.75 Å². The third-order valence-electron chi connectivity index (χ3n) is 4.91. The minimum Gasteiger partial charge on any atom is -0.486 e. The van der Waals surface area contributed by atoms with Crippen LogP contribution < -0.4 is 4.74 Å². The second-order valence-electron chi connectivity index (χ2n) is 7.04. The molecule has 1 aliphatic carbocycles. The number of carbonyl (C=O) groups excluding carboxylic acids is 1. The number of nitrogens with zero attached hydrogens (tertiary/aromatic N) is 2. The molecule has 1 N–H and O–H groups in total. The van der Waals surface area contributed by atoms with Crippen molar-refractivity contribution in [1.29, 1.82) is 0 Å². The molecule has 11 heteroatoms. The fourth-order valence-electron chi connectivity index (χ4n) is 3.58. The van der Waals surface area contributed by atoms with Crippen molar-refractivity contribution in [2.24, 2.45) is 0 Å². The zero-order valence-corrected chi connectivity index (χ0v) is 17.4. The Hall–Kier alpha value is -2.66. The standard InChI is InChI=1S/C18H20N2O3S.C2HF3O2/c1-12-4-7-16(24-12)18(21)20-9-10-22-17-14(20)5-6-15(17)23-13-3-2-8-19-11-13;3-2(4,5)1(6)7/h2-4,7-8,11,14-15,17H,5-6,9-10H2,1H3;(H,6,7)/t14-,15+,17+;/m0./s1. The first-order valence-electron chi connectivity index (χ1n) is 9.52. The minimum absolute atomic E-state index is 0.0279. The molecule has 3 heterocycles. The fraction of sp³-hybridized carbons (Fsp3) is 0.450. The number of hydrogen-bond acceptors (Lipinski definition) is 6. The molecule has 1 amide bonds. The van der Waals surface area contributed by atoms with Crippen molar-refractivity contribution in [2.75, 3.05) is 13.2 Å². The highest BCUT2D eigenvalue weighted by Crippen LogP contribution is 2.34. The van der Waals surface area contributed by atoms with E-state index in [1.54, 1.807) is 23.7 Å². The van der Waals surface area contributed by atoms with Gasteiger partial charge in [-0.25, -0.2) is 4.79 Å². The van der Waals surface area contributed by atoms with E-state index in [-0.39, 0.29) is 24.2 Å². The summed E-state index contributed by atoms with van der Waals surface area (Å²) >= 11 is 1.56. The predicted octanol–water partition coefficient (Wildman–Crippen LogP) is 3.54. The van der Waals surface area contributed by atoms with Crippen LogP contribution in [0.4, 0.5) is 13.2 Å². The molecule has 1 saturated heterocycles. The van der Waals surface area contributed by atoms with Gasteiger partial charge in [0.2, 0.25) is 0 Å². The third kappa shape index (κ3) is 5.73. The summed E-state index contributed by atoms with van der Waals surface area (Å²) in [5, 5.41) is 7.12. The Kier molecular flexibility index (Phi) is 7.16. The lowest BCUT2D eigenvalue weighted by molar-refractivity contribution is -0.192. The van der Waals surface area contributed by atoms with Crippen LogP contribution in [-0.4, -0.2) is 64.4 Å². The van der Waals surface area contributed by atoms with Gasteiger partial charge in [-0.3, -0.25) is 9.78 Å². The van der Waals surface area contributed by atoms with Gasteiger partial charge >= 0.3 is 12.1 Å². The SMILES string of the molecule is Cc1ccc(C(=O)N2CCO[C@H]3[C@H](Oc4cccnc4)CC[C@@H]32)s1.O=C(O)C(F)(F)F. The molecule has 1 saturated carbocycles. The molecule has 7 nitrogen and oxygen atoms in total. The van der Waals surface area contributed by atoms with E-state index in [4.69, 9.17) is 19.4 Å². The van der Waals surface area contributed by atoms with Gasteiger partial charge in [-0.1, -0.05) is 0 Å². The zero-order valence-electron chi connectivity index (χ0n) is 16.5. The average molecular weight is 458 g/mol. The molecule has 168 valence electrons. The summed E-state index contributed by atoms with van der Waals surface area (Å²) in [6.45, 7) is 3.23. The van der Waals surface area contributed by atoms with E-state index in [1.807, 2.05) is 36.1 Å². The Morgan fingerprint density at radius 2 is 2.03 bits per heavy atom. The van der Waals surface area contributed by atoms with E-state index >= 15 is 0 Å². The van der Waals surface area contributed by atoms with E-state index < -0.39 is 12.1 Å². The number of halogens is 3. The molecule has 2 aromatic rings. The maximum atomic E-state index is 12.9. The summed E-state index contributed by atoms with van der Waals surface area (Å²) < 4.78 is 43.8. The number of pyridine rings is 1. The topological polar surface area (TPSA) is 89.0 Å².